The fourth-order valence-corrected chi connectivity index (χ4v) is 3.41. The minimum atomic E-state index is -0.986. The molecule has 2 N–H and O–H groups in total. The van der Waals surface area contributed by atoms with E-state index in [1.807, 2.05) is 19.1 Å². The van der Waals surface area contributed by atoms with Gasteiger partial charge in [0.25, 0.3) is 0 Å². The number of aryl methyl sites for hydroxylation is 1. The highest BCUT2D eigenvalue weighted by Gasteiger charge is 2.22. The smallest absolute Gasteiger partial charge is 0.328 e. The molecule has 0 aliphatic carbocycles. The van der Waals surface area contributed by atoms with Crippen LogP contribution in [0.2, 0.25) is 0 Å². The van der Waals surface area contributed by atoms with E-state index in [4.69, 9.17) is 5.11 Å². The lowest BCUT2D eigenvalue weighted by Crippen LogP contribution is -2.27. The third-order valence-electron chi connectivity index (χ3n) is 3.41. The van der Waals surface area contributed by atoms with Crippen molar-refractivity contribution in [1.82, 2.24) is 0 Å². The minimum absolute atomic E-state index is 0.0244. The highest BCUT2D eigenvalue weighted by Crippen LogP contribution is 2.27. The lowest BCUT2D eigenvalue weighted by atomic mass is 10.1. The fourth-order valence-electron chi connectivity index (χ4n) is 2.21. The van der Waals surface area contributed by atoms with Gasteiger partial charge < -0.3 is 10.4 Å². The van der Waals surface area contributed by atoms with Gasteiger partial charge in [0.2, 0.25) is 5.91 Å². The van der Waals surface area contributed by atoms with Gasteiger partial charge in [-0.25, -0.2) is 4.79 Å². The monoisotopic (exact) mass is 305 g/mol. The molecule has 1 amide bonds. The second-order valence-corrected chi connectivity index (χ2v) is 6.40. The Labute approximate surface area is 128 Å². The van der Waals surface area contributed by atoms with Gasteiger partial charge in [0.1, 0.15) is 0 Å². The van der Waals surface area contributed by atoms with Crippen molar-refractivity contribution >= 4 is 35.4 Å². The number of hydrogen-bond donors (Lipinski definition) is 2. The molecule has 1 aromatic carbocycles. The summed E-state index contributed by atoms with van der Waals surface area (Å²) >= 11 is 1.71. The van der Waals surface area contributed by atoms with Crippen LogP contribution in [0.25, 0.3) is 6.08 Å². The number of rotatable bonds is 4. The number of anilines is 1. The highest BCUT2D eigenvalue weighted by molar-refractivity contribution is 8.00. The standard InChI is InChI=1S/C16H19NO3S/c1-11-5-6-12(7-8-15(18)19)10-13(11)17-16(20)14-4-2-3-9-21-14/h5-8,10,14H,2-4,9H2,1H3,(H,17,20)(H,18,19)/b8-7+. The predicted octanol–water partition coefficient (Wildman–Crippen LogP) is 3.32. The first-order valence-electron chi connectivity index (χ1n) is 7.00. The summed E-state index contributed by atoms with van der Waals surface area (Å²) in [6.45, 7) is 1.92. The Hall–Kier alpha value is -1.75. The molecule has 112 valence electrons. The van der Waals surface area contributed by atoms with Crippen molar-refractivity contribution in [2.24, 2.45) is 0 Å². The van der Waals surface area contributed by atoms with E-state index in [9.17, 15) is 9.59 Å². The first-order chi connectivity index (χ1) is 10.1. The quantitative estimate of drug-likeness (QED) is 0.838. The van der Waals surface area contributed by atoms with Crippen molar-refractivity contribution in [2.75, 3.05) is 11.1 Å². The largest absolute Gasteiger partial charge is 0.478 e. The Kier molecular flexibility index (Phi) is 5.44. The van der Waals surface area contributed by atoms with Crippen molar-refractivity contribution in [3.8, 4) is 0 Å². The number of carbonyl (C=O) groups is 2. The summed E-state index contributed by atoms with van der Waals surface area (Å²) in [7, 11) is 0. The highest BCUT2D eigenvalue weighted by atomic mass is 32.2. The zero-order valence-electron chi connectivity index (χ0n) is 12.0. The average Bonchev–Trinajstić information content (AvgIpc) is 2.48. The van der Waals surface area contributed by atoms with Crippen molar-refractivity contribution < 1.29 is 14.7 Å². The van der Waals surface area contributed by atoms with Crippen LogP contribution in [0.3, 0.4) is 0 Å². The van der Waals surface area contributed by atoms with E-state index >= 15 is 0 Å². The summed E-state index contributed by atoms with van der Waals surface area (Å²) in [5.41, 5.74) is 2.48. The Balaban J connectivity index is 2.09. The molecule has 21 heavy (non-hydrogen) atoms. The first-order valence-corrected chi connectivity index (χ1v) is 8.05. The van der Waals surface area contributed by atoms with Crippen LogP contribution in [0.15, 0.2) is 24.3 Å². The van der Waals surface area contributed by atoms with Crippen LogP contribution in [0, 0.1) is 6.92 Å². The molecule has 1 saturated heterocycles. The Morgan fingerprint density at radius 1 is 1.38 bits per heavy atom. The van der Waals surface area contributed by atoms with Gasteiger partial charge in [-0.05, 0) is 48.8 Å². The van der Waals surface area contributed by atoms with Crippen LogP contribution in [-0.4, -0.2) is 28.0 Å². The molecule has 1 unspecified atom stereocenters. The Morgan fingerprint density at radius 3 is 2.86 bits per heavy atom. The van der Waals surface area contributed by atoms with Gasteiger partial charge >= 0.3 is 5.97 Å². The summed E-state index contributed by atoms with van der Waals surface area (Å²) in [6, 6.07) is 5.52. The van der Waals surface area contributed by atoms with Gasteiger partial charge in [-0.2, -0.15) is 0 Å². The molecule has 4 nitrogen and oxygen atoms in total. The van der Waals surface area contributed by atoms with Crippen LogP contribution < -0.4 is 5.32 Å². The number of benzene rings is 1. The normalized spacial score (nSPS) is 18.6. The molecule has 1 aliphatic rings. The molecule has 1 atom stereocenters. The van der Waals surface area contributed by atoms with Crippen LogP contribution in [0.5, 0.6) is 0 Å². The Morgan fingerprint density at radius 2 is 2.19 bits per heavy atom. The molecule has 0 bridgehead atoms. The zero-order chi connectivity index (χ0) is 15.2. The lowest BCUT2D eigenvalue weighted by Gasteiger charge is -2.21. The number of carboxylic acids is 1. The summed E-state index contributed by atoms with van der Waals surface area (Å²) < 4.78 is 0. The number of nitrogens with one attached hydrogen (secondary N) is 1. The fraction of sp³-hybridized carbons (Fsp3) is 0.375. The minimum Gasteiger partial charge on any atom is -0.478 e. The summed E-state index contributed by atoms with van der Waals surface area (Å²) in [6.07, 6.45) is 5.82. The van der Waals surface area contributed by atoms with E-state index < -0.39 is 5.97 Å². The van der Waals surface area contributed by atoms with Crippen molar-refractivity contribution in [3.63, 3.8) is 0 Å². The molecule has 0 aromatic heterocycles. The molecule has 0 spiro atoms. The van der Waals surface area contributed by atoms with Gasteiger partial charge in [-0.1, -0.05) is 18.6 Å². The maximum absolute atomic E-state index is 12.3. The second kappa shape index (κ2) is 7.31. The van der Waals surface area contributed by atoms with Gasteiger partial charge in [-0.3, -0.25) is 4.79 Å². The number of thioether (sulfide) groups is 1. The Bertz CT molecular complexity index is 563. The van der Waals surface area contributed by atoms with Crippen molar-refractivity contribution in [2.45, 2.75) is 31.4 Å². The molecule has 1 aromatic rings. The SMILES string of the molecule is Cc1ccc(/C=C/C(=O)O)cc1NC(=O)C1CCCCS1. The average molecular weight is 305 g/mol. The number of carboxylic acid groups (broad SMARTS) is 1. The van der Waals surface area contributed by atoms with Crippen LogP contribution in [-0.2, 0) is 9.59 Å². The second-order valence-electron chi connectivity index (χ2n) is 5.09. The van der Waals surface area contributed by atoms with Gasteiger partial charge in [0.05, 0.1) is 5.25 Å². The molecule has 1 fully saturated rings. The maximum atomic E-state index is 12.3. The van der Waals surface area contributed by atoms with Crippen LogP contribution in [0.4, 0.5) is 5.69 Å². The molecule has 0 saturated carbocycles. The van der Waals surface area contributed by atoms with Gasteiger partial charge in [-0.15, -0.1) is 11.8 Å². The molecule has 2 rings (SSSR count). The summed E-state index contributed by atoms with van der Waals surface area (Å²) in [4.78, 5) is 22.8. The van der Waals surface area contributed by atoms with E-state index in [-0.39, 0.29) is 11.2 Å². The molecular formula is C16H19NO3S. The molecule has 1 aliphatic heterocycles. The van der Waals surface area contributed by atoms with Gasteiger partial charge in [0, 0.05) is 11.8 Å². The molecular weight excluding hydrogens is 286 g/mol. The molecule has 1 heterocycles. The van der Waals surface area contributed by atoms with E-state index in [0.29, 0.717) is 0 Å². The summed E-state index contributed by atoms with van der Waals surface area (Å²) in [5, 5.41) is 11.6. The number of hydrogen-bond acceptors (Lipinski definition) is 3. The van der Waals surface area contributed by atoms with Crippen LogP contribution in [0.1, 0.15) is 30.4 Å². The molecule has 0 radical (unpaired) electrons. The van der Waals surface area contributed by atoms with Crippen LogP contribution >= 0.6 is 11.8 Å². The molecule has 5 heteroatoms. The third-order valence-corrected chi connectivity index (χ3v) is 4.79. The number of amides is 1. The predicted molar refractivity (Wildman–Crippen MR) is 86.6 cm³/mol. The van der Waals surface area contributed by atoms with Gasteiger partial charge in [0.15, 0.2) is 0 Å². The maximum Gasteiger partial charge on any atom is 0.328 e. The van der Waals surface area contributed by atoms with E-state index in [0.717, 1.165) is 41.5 Å². The van der Waals surface area contributed by atoms with Crippen molar-refractivity contribution in [1.29, 1.82) is 0 Å². The third kappa shape index (κ3) is 4.63. The van der Waals surface area contributed by atoms with E-state index in [1.165, 1.54) is 12.5 Å². The summed E-state index contributed by atoms with van der Waals surface area (Å²) in [5.74, 6) is 0.0975. The zero-order valence-corrected chi connectivity index (χ0v) is 12.8. The van der Waals surface area contributed by atoms with E-state index in [2.05, 4.69) is 5.32 Å². The first kappa shape index (κ1) is 15.6. The van der Waals surface area contributed by atoms with Crippen molar-refractivity contribution in [3.05, 3.63) is 35.4 Å². The lowest BCUT2D eigenvalue weighted by molar-refractivity contribution is -0.131. The topological polar surface area (TPSA) is 66.4 Å². The van der Waals surface area contributed by atoms with E-state index in [1.54, 1.807) is 17.8 Å². The number of aliphatic carboxylic acids is 1. The number of carbonyl (C=O) groups excluding carboxylic acids is 1.